The SMILES string of the molecule is Clc1nc2ccccc2cc1C=NNC1=NC2C=CC(Br)=CC2C(c2ccccc2)=N1. The van der Waals surface area contributed by atoms with Gasteiger partial charge in [0.25, 0.3) is 0 Å². The number of fused-ring (bicyclic) bond motifs is 2. The van der Waals surface area contributed by atoms with E-state index in [0.717, 1.165) is 32.2 Å². The summed E-state index contributed by atoms with van der Waals surface area (Å²) in [6.07, 6.45) is 7.86. The Balaban J connectivity index is 1.43. The van der Waals surface area contributed by atoms with E-state index < -0.39 is 0 Å². The van der Waals surface area contributed by atoms with Crippen LogP contribution in [0.5, 0.6) is 0 Å². The highest BCUT2D eigenvalue weighted by atomic mass is 79.9. The van der Waals surface area contributed by atoms with Crippen molar-refractivity contribution in [3.05, 3.63) is 99.7 Å². The van der Waals surface area contributed by atoms with Crippen LogP contribution in [0.1, 0.15) is 11.1 Å². The molecule has 2 aliphatic rings. The minimum Gasteiger partial charge on any atom is -0.245 e. The summed E-state index contributed by atoms with van der Waals surface area (Å²) in [6.45, 7) is 0. The molecule has 1 aliphatic heterocycles. The molecule has 0 saturated carbocycles. The lowest BCUT2D eigenvalue weighted by molar-refractivity contribution is 0.698. The van der Waals surface area contributed by atoms with Crippen molar-refractivity contribution < 1.29 is 0 Å². The molecule has 2 atom stereocenters. The predicted octanol–water partition coefficient (Wildman–Crippen LogP) is 5.50. The fourth-order valence-corrected chi connectivity index (χ4v) is 4.27. The van der Waals surface area contributed by atoms with Crippen LogP contribution in [0.4, 0.5) is 0 Å². The summed E-state index contributed by atoms with van der Waals surface area (Å²) < 4.78 is 1.03. The van der Waals surface area contributed by atoms with Gasteiger partial charge in [-0.2, -0.15) is 5.10 Å². The van der Waals surface area contributed by atoms with E-state index in [4.69, 9.17) is 21.6 Å². The zero-order valence-corrected chi connectivity index (χ0v) is 18.6. The Morgan fingerprint density at radius 3 is 2.74 bits per heavy atom. The molecule has 0 amide bonds. The zero-order chi connectivity index (χ0) is 21.2. The summed E-state index contributed by atoms with van der Waals surface area (Å²) in [7, 11) is 0. The highest BCUT2D eigenvalue weighted by molar-refractivity contribution is 9.11. The largest absolute Gasteiger partial charge is 0.245 e. The number of hydrogen-bond acceptors (Lipinski definition) is 5. The second-order valence-electron chi connectivity index (χ2n) is 7.17. The van der Waals surface area contributed by atoms with Crippen molar-refractivity contribution in [1.82, 2.24) is 10.4 Å². The summed E-state index contributed by atoms with van der Waals surface area (Å²) >= 11 is 9.90. The van der Waals surface area contributed by atoms with Crippen LogP contribution in [0.2, 0.25) is 5.15 Å². The van der Waals surface area contributed by atoms with E-state index in [1.54, 1.807) is 6.21 Å². The number of nitrogens with one attached hydrogen (secondary N) is 1. The normalized spacial score (nSPS) is 20.3. The Kier molecular flexibility index (Phi) is 5.49. The molecule has 0 radical (unpaired) electrons. The van der Waals surface area contributed by atoms with Gasteiger partial charge in [0, 0.05) is 21.3 Å². The third-order valence-electron chi connectivity index (χ3n) is 5.12. The number of benzene rings is 2. The van der Waals surface area contributed by atoms with Crippen LogP contribution < -0.4 is 5.43 Å². The smallest absolute Gasteiger partial charge is 0.239 e. The van der Waals surface area contributed by atoms with E-state index >= 15 is 0 Å². The molecule has 0 saturated heterocycles. The van der Waals surface area contributed by atoms with Gasteiger partial charge in [0.2, 0.25) is 5.96 Å². The highest BCUT2D eigenvalue weighted by Gasteiger charge is 2.30. The molecule has 3 aromatic rings. The van der Waals surface area contributed by atoms with Crippen LogP contribution in [0.15, 0.2) is 98.5 Å². The average Bonchev–Trinajstić information content (AvgIpc) is 2.79. The number of rotatable bonds is 3. The first-order valence-corrected chi connectivity index (χ1v) is 11.0. The van der Waals surface area contributed by atoms with Gasteiger partial charge in [-0.05, 0) is 17.7 Å². The van der Waals surface area contributed by atoms with Gasteiger partial charge in [-0.3, -0.25) is 0 Å². The number of hydrogen-bond donors (Lipinski definition) is 1. The van der Waals surface area contributed by atoms with Crippen molar-refractivity contribution >= 4 is 56.3 Å². The van der Waals surface area contributed by atoms with Crippen molar-refractivity contribution in [1.29, 1.82) is 0 Å². The molecule has 7 heteroatoms. The lowest BCUT2D eigenvalue weighted by atomic mass is 9.86. The standard InChI is InChI=1S/C24H17BrClN5/c25-18-10-11-21-19(13-18)22(15-6-2-1-3-7-15)30-24(29-21)31-27-14-17-12-16-8-4-5-9-20(16)28-23(17)26/h1-14,19,21H,(H,29,31). The van der Waals surface area contributed by atoms with E-state index in [0.29, 0.717) is 11.1 Å². The Labute approximate surface area is 193 Å². The molecule has 152 valence electrons. The second-order valence-corrected chi connectivity index (χ2v) is 8.45. The van der Waals surface area contributed by atoms with Gasteiger partial charge in [-0.25, -0.2) is 20.4 Å². The molecule has 2 unspecified atom stereocenters. The number of aromatic nitrogens is 1. The molecule has 2 aromatic carbocycles. The summed E-state index contributed by atoms with van der Waals surface area (Å²) in [5.74, 6) is 0.521. The molecule has 1 aliphatic carbocycles. The van der Waals surface area contributed by atoms with Gasteiger partial charge < -0.3 is 0 Å². The topological polar surface area (TPSA) is 62.0 Å². The first-order chi connectivity index (χ1) is 15.2. The molecule has 1 N–H and O–H groups in total. The summed E-state index contributed by atoms with van der Waals surface area (Å²) in [5, 5.41) is 5.72. The number of allylic oxidation sites excluding steroid dienone is 2. The van der Waals surface area contributed by atoms with Crippen LogP contribution in [-0.4, -0.2) is 28.9 Å². The molecule has 5 nitrogen and oxygen atoms in total. The molecule has 2 heterocycles. The van der Waals surface area contributed by atoms with E-state index in [1.807, 2.05) is 54.6 Å². The maximum absolute atomic E-state index is 6.32. The Morgan fingerprint density at radius 1 is 1.06 bits per heavy atom. The average molecular weight is 491 g/mol. The number of halogens is 2. The molecule has 0 spiro atoms. The van der Waals surface area contributed by atoms with Crippen LogP contribution >= 0.6 is 27.5 Å². The van der Waals surface area contributed by atoms with E-state index in [1.165, 1.54) is 0 Å². The van der Waals surface area contributed by atoms with E-state index in [2.05, 4.69) is 55.7 Å². The zero-order valence-electron chi connectivity index (χ0n) is 16.3. The van der Waals surface area contributed by atoms with Gasteiger partial charge >= 0.3 is 0 Å². The maximum atomic E-state index is 6.32. The fraction of sp³-hybridized carbons (Fsp3) is 0.0833. The minimum atomic E-state index is -0.0439. The van der Waals surface area contributed by atoms with Crippen molar-refractivity contribution in [2.75, 3.05) is 0 Å². The van der Waals surface area contributed by atoms with Crippen LogP contribution in [-0.2, 0) is 0 Å². The first kappa shape index (κ1) is 19.8. The summed E-state index contributed by atoms with van der Waals surface area (Å²) in [6, 6.07) is 19.9. The molecule has 0 bridgehead atoms. The number of hydrazone groups is 1. The van der Waals surface area contributed by atoms with Crippen molar-refractivity contribution in [2.45, 2.75) is 6.04 Å². The number of nitrogens with zero attached hydrogens (tertiary/aromatic N) is 4. The number of pyridine rings is 1. The molecule has 0 fully saturated rings. The minimum absolute atomic E-state index is 0.0439. The van der Waals surface area contributed by atoms with Crippen LogP contribution in [0, 0.1) is 5.92 Å². The van der Waals surface area contributed by atoms with Gasteiger partial charge in [0.15, 0.2) is 0 Å². The number of para-hydroxylation sites is 1. The maximum Gasteiger partial charge on any atom is 0.239 e. The molecule has 5 rings (SSSR count). The van der Waals surface area contributed by atoms with Gasteiger partial charge in [0.1, 0.15) is 5.15 Å². The summed E-state index contributed by atoms with van der Waals surface area (Å²) in [5.41, 5.74) is 6.55. The van der Waals surface area contributed by atoms with Crippen molar-refractivity contribution in [2.24, 2.45) is 21.0 Å². The van der Waals surface area contributed by atoms with E-state index in [9.17, 15) is 0 Å². The van der Waals surface area contributed by atoms with Crippen LogP contribution in [0.3, 0.4) is 0 Å². The van der Waals surface area contributed by atoms with E-state index in [-0.39, 0.29) is 12.0 Å². The molecular weight excluding hydrogens is 474 g/mol. The summed E-state index contributed by atoms with van der Waals surface area (Å²) in [4.78, 5) is 13.9. The molecular formula is C24H17BrClN5. The molecule has 31 heavy (non-hydrogen) atoms. The molecule has 1 aromatic heterocycles. The quantitative estimate of drug-likeness (QED) is 0.299. The number of aliphatic imine (C=N–C) groups is 2. The Morgan fingerprint density at radius 2 is 1.87 bits per heavy atom. The lowest BCUT2D eigenvalue weighted by Gasteiger charge is -2.27. The highest BCUT2D eigenvalue weighted by Crippen LogP contribution is 2.29. The second kappa shape index (κ2) is 8.57. The Bertz CT molecular complexity index is 1290. The Hall–Kier alpha value is -3.09. The third kappa shape index (κ3) is 4.22. The third-order valence-corrected chi connectivity index (χ3v) is 5.95. The van der Waals surface area contributed by atoms with Crippen molar-refractivity contribution in [3.8, 4) is 0 Å². The monoisotopic (exact) mass is 489 g/mol. The van der Waals surface area contributed by atoms with Crippen molar-refractivity contribution in [3.63, 3.8) is 0 Å². The van der Waals surface area contributed by atoms with Gasteiger partial charge in [-0.1, -0.05) is 94.3 Å². The fourth-order valence-electron chi connectivity index (χ4n) is 3.64. The predicted molar refractivity (Wildman–Crippen MR) is 131 cm³/mol. The lowest BCUT2D eigenvalue weighted by Crippen LogP contribution is -2.35. The first-order valence-electron chi connectivity index (χ1n) is 9.79. The number of guanidine groups is 1. The van der Waals surface area contributed by atoms with Gasteiger partial charge in [-0.15, -0.1) is 0 Å². The van der Waals surface area contributed by atoms with Gasteiger partial charge in [0.05, 0.1) is 23.5 Å². The van der Waals surface area contributed by atoms with Crippen LogP contribution in [0.25, 0.3) is 10.9 Å².